The van der Waals surface area contributed by atoms with Crippen molar-refractivity contribution >= 4 is 29.7 Å². The molecule has 0 radical (unpaired) electrons. The number of likely N-dealkylation sites (tertiary alicyclic amines) is 1. The molecule has 14 nitrogen and oxygen atoms in total. The summed E-state index contributed by atoms with van der Waals surface area (Å²) in [4.78, 5) is 55.3. The van der Waals surface area contributed by atoms with Gasteiger partial charge in [0.15, 0.2) is 5.96 Å². The summed E-state index contributed by atoms with van der Waals surface area (Å²) in [6.07, 6.45) is 1.49. The Hall–Kier alpha value is -3.91. The van der Waals surface area contributed by atoms with Gasteiger partial charge in [0.1, 0.15) is 23.9 Å². The van der Waals surface area contributed by atoms with Crippen LogP contribution >= 0.6 is 0 Å². The van der Waals surface area contributed by atoms with E-state index in [2.05, 4.69) is 15.6 Å². The van der Waals surface area contributed by atoms with E-state index in [4.69, 9.17) is 22.3 Å². The summed E-state index contributed by atoms with van der Waals surface area (Å²) in [5.41, 5.74) is 17.5. The number of carboxylic acid groups (broad SMARTS) is 1. The van der Waals surface area contributed by atoms with Gasteiger partial charge in [-0.15, -0.1) is 0 Å². The van der Waals surface area contributed by atoms with Crippen molar-refractivity contribution in [3.05, 3.63) is 29.8 Å². The van der Waals surface area contributed by atoms with E-state index in [1.54, 1.807) is 12.1 Å². The van der Waals surface area contributed by atoms with Crippen molar-refractivity contribution in [2.45, 2.75) is 56.3 Å². The molecule has 204 valence electrons. The third-order valence-electron chi connectivity index (χ3n) is 5.92. The third-order valence-corrected chi connectivity index (χ3v) is 5.92. The molecule has 3 amide bonds. The summed E-state index contributed by atoms with van der Waals surface area (Å²) >= 11 is 0. The molecule has 1 aromatic rings. The summed E-state index contributed by atoms with van der Waals surface area (Å²) in [5.74, 6) is -3.30. The SMILES string of the molecule is NC(N)=NCCCC(NC(=O)C1CCCN1C(=O)C(N)Cc1ccc(O)cc1)C(=O)NC(CO)C(=O)O. The van der Waals surface area contributed by atoms with E-state index < -0.39 is 54.5 Å². The summed E-state index contributed by atoms with van der Waals surface area (Å²) in [6.45, 7) is -0.350. The minimum Gasteiger partial charge on any atom is -0.508 e. The highest BCUT2D eigenvalue weighted by Gasteiger charge is 2.37. The van der Waals surface area contributed by atoms with E-state index in [9.17, 15) is 29.4 Å². The van der Waals surface area contributed by atoms with Gasteiger partial charge in [-0.2, -0.15) is 0 Å². The van der Waals surface area contributed by atoms with Crippen LogP contribution in [0.1, 0.15) is 31.2 Å². The van der Waals surface area contributed by atoms with Gasteiger partial charge in [0.2, 0.25) is 17.7 Å². The van der Waals surface area contributed by atoms with Gasteiger partial charge in [-0.1, -0.05) is 12.1 Å². The molecule has 4 unspecified atom stereocenters. The summed E-state index contributed by atoms with van der Waals surface area (Å²) in [7, 11) is 0. The molecule has 0 aliphatic carbocycles. The number of guanidine groups is 1. The normalized spacial score (nSPS) is 17.4. The number of rotatable bonds is 13. The lowest BCUT2D eigenvalue weighted by atomic mass is 10.0. The third kappa shape index (κ3) is 8.91. The number of aliphatic imine (C=N–C) groups is 1. The highest BCUT2D eigenvalue weighted by atomic mass is 16.4. The highest BCUT2D eigenvalue weighted by Crippen LogP contribution is 2.20. The molecule has 11 N–H and O–H groups in total. The Labute approximate surface area is 213 Å². The Bertz CT molecular complexity index is 982. The molecule has 0 saturated carbocycles. The quantitative estimate of drug-likeness (QED) is 0.0760. The number of carbonyl (C=O) groups is 4. The number of phenolic OH excluding ortho intramolecular Hbond substituents is 1. The van der Waals surface area contributed by atoms with Crippen LogP contribution in [-0.4, -0.2) is 93.7 Å². The maximum Gasteiger partial charge on any atom is 0.328 e. The first-order valence-electron chi connectivity index (χ1n) is 11.9. The van der Waals surface area contributed by atoms with Crippen molar-refractivity contribution in [2.75, 3.05) is 19.7 Å². The van der Waals surface area contributed by atoms with Crippen LogP contribution in [0, 0.1) is 0 Å². The van der Waals surface area contributed by atoms with Crippen LogP contribution in [0.5, 0.6) is 5.75 Å². The molecule has 0 spiro atoms. The number of aromatic hydroxyl groups is 1. The van der Waals surface area contributed by atoms with E-state index in [1.165, 1.54) is 17.0 Å². The lowest BCUT2D eigenvalue weighted by Crippen LogP contribution is -2.57. The molecule has 0 bridgehead atoms. The number of hydrogen-bond acceptors (Lipinski definition) is 8. The first kappa shape index (κ1) is 29.3. The van der Waals surface area contributed by atoms with Crippen LogP contribution in [0.3, 0.4) is 0 Å². The Kier molecular flexibility index (Phi) is 11.1. The van der Waals surface area contributed by atoms with Gasteiger partial charge in [-0.3, -0.25) is 19.4 Å². The zero-order valence-electron chi connectivity index (χ0n) is 20.4. The average Bonchev–Trinajstić information content (AvgIpc) is 3.34. The van der Waals surface area contributed by atoms with E-state index in [-0.39, 0.29) is 37.5 Å². The Morgan fingerprint density at radius 2 is 1.78 bits per heavy atom. The number of amides is 3. The minimum absolute atomic E-state index is 0.0765. The number of aliphatic carboxylic acids is 1. The minimum atomic E-state index is -1.55. The second-order valence-electron chi connectivity index (χ2n) is 8.76. The summed E-state index contributed by atoms with van der Waals surface area (Å²) in [5, 5.41) is 32.6. The predicted octanol–water partition coefficient (Wildman–Crippen LogP) is -2.65. The van der Waals surface area contributed by atoms with Crippen LogP contribution in [-0.2, 0) is 25.6 Å². The number of carbonyl (C=O) groups excluding carboxylic acids is 3. The fourth-order valence-corrected chi connectivity index (χ4v) is 3.99. The number of nitrogens with one attached hydrogen (secondary N) is 2. The fourth-order valence-electron chi connectivity index (χ4n) is 3.99. The first-order chi connectivity index (χ1) is 17.5. The fraction of sp³-hybridized carbons (Fsp3) is 0.522. The van der Waals surface area contributed by atoms with Crippen LogP contribution < -0.4 is 27.8 Å². The van der Waals surface area contributed by atoms with Crippen molar-refractivity contribution in [2.24, 2.45) is 22.2 Å². The number of benzene rings is 1. The van der Waals surface area contributed by atoms with Crippen molar-refractivity contribution in [1.82, 2.24) is 15.5 Å². The summed E-state index contributed by atoms with van der Waals surface area (Å²) < 4.78 is 0. The van der Waals surface area contributed by atoms with E-state index in [0.717, 1.165) is 5.56 Å². The van der Waals surface area contributed by atoms with Crippen LogP contribution in [0.4, 0.5) is 0 Å². The van der Waals surface area contributed by atoms with E-state index in [0.29, 0.717) is 19.4 Å². The van der Waals surface area contributed by atoms with Crippen molar-refractivity contribution < 1.29 is 34.5 Å². The molecule has 1 aliphatic rings. The van der Waals surface area contributed by atoms with Crippen LogP contribution in [0.25, 0.3) is 0 Å². The lowest BCUT2D eigenvalue weighted by Gasteiger charge is -2.28. The number of phenols is 1. The van der Waals surface area contributed by atoms with Crippen molar-refractivity contribution in [1.29, 1.82) is 0 Å². The van der Waals surface area contributed by atoms with Gasteiger partial charge >= 0.3 is 5.97 Å². The smallest absolute Gasteiger partial charge is 0.328 e. The highest BCUT2D eigenvalue weighted by molar-refractivity contribution is 5.94. The zero-order valence-corrected chi connectivity index (χ0v) is 20.4. The van der Waals surface area contributed by atoms with Gasteiger partial charge < -0.3 is 48.1 Å². The topological polar surface area (TPSA) is 247 Å². The first-order valence-corrected chi connectivity index (χ1v) is 11.9. The Morgan fingerprint density at radius 3 is 2.38 bits per heavy atom. The molecule has 1 saturated heterocycles. The predicted molar refractivity (Wildman–Crippen MR) is 133 cm³/mol. The number of nitrogens with two attached hydrogens (primary N) is 3. The van der Waals surface area contributed by atoms with Crippen molar-refractivity contribution in [3.8, 4) is 5.75 Å². The maximum absolute atomic E-state index is 13.1. The van der Waals surface area contributed by atoms with Gasteiger partial charge in [0.05, 0.1) is 12.6 Å². The van der Waals surface area contributed by atoms with Crippen molar-refractivity contribution in [3.63, 3.8) is 0 Å². The zero-order chi connectivity index (χ0) is 27.5. The molecule has 2 rings (SSSR count). The average molecular weight is 522 g/mol. The van der Waals surface area contributed by atoms with Gasteiger partial charge in [-0.05, 0) is 49.8 Å². The van der Waals surface area contributed by atoms with Crippen LogP contribution in [0.2, 0.25) is 0 Å². The molecule has 37 heavy (non-hydrogen) atoms. The van der Waals surface area contributed by atoms with Gasteiger partial charge in [0, 0.05) is 13.1 Å². The van der Waals surface area contributed by atoms with E-state index in [1.807, 2.05) is 0 Å². The molecule has 1 heterocycles. The lowest BCUT2D eigenvalue weighted by molar-refractivity contribution is -0.144. The molecule has 1 fully saturated rings. The second-order valence-corrected chi connectivity index (χ2v) is 8.76. The molecular weight excluding hydrogens is 486 g/mol. The molecule has 0 aromatic heterocycles. The monoisotopic (exact) mass is 521 g/mol. The van der Waals surface area contributed by atoms with Crippen LogP contribution in [0.15, 0.2) is 29.3 Å². The molecule has 1 aromatic carbocycles. The molecule has 14 heteroatoms. The molecule has 1 aliphatic heterocycles. The Balaban J connectivity index is 2.08. The second kappa shape index (κ2) is 14.0. The summed E-state index contributed by atoms with van der Waals surface area (Å²) in [6, 6.07) is 1.80. The number of aliphatic hydroxyl groups is 1. The standard InChI is InChI=1S/C23H35N7O7/c24-15(11-13-5-7-14(32)8-6-13)21(35)30-10-2-4-18(30)20(34)28-16(3-1-9-27-23(25)26)19(33)29-17(12-31)22(36)37/h5-8,15-18,31-32H,1-4,9-12,24H2,(H,28,34)(H,29,33)(H,36,37)(H4,25,26,27). The van der Waals surface area contributed by atoms with Gasteiger partial charge in [-0.25, -0.2) is 4.79 Å². The molecule has 4 atom stereocenters. The number of aliphatic hydroxyl groups excluding tert-OH is 1. The number of carboxylic acids is 1. The maximum atomic E-state index is 13.1. The number of nitrogens with zero attached hydrogens (tertiary/aromatic N) is 2. The Morgan fingerprint density at radius 1 is 1.11 bits per heavy atom. The van der Waals surface area contributed by atoms with E-state index >= 15 is 0 Å². The van der Waals surface area contributed by atoms with Gasteiger partial charge in [0.25, 0.3) is 0 Å². The number of hydrogen-bond donors (Lipinski definition) is 8. The molecular formula is C23H35N7O7. The largest absolute Gasteiger partial charge is 0.508 e.